The number of rotatable bonds is 2. The molecule has 1 aromatic rings. The van der Waals surface area contributed by atoms with E-state index >= 15 is 0 Å². The molecule has 1 spiro atoms. The van der Waals surface area contributed by atoms with Gasteiger partial charge in [0.15, 0.2) is 11.5 Å². The molecule has 1 saturated carbocycles. The Morgan fingerprint density at radius 2 is 1.95 bits per heavy atom. The molecule has 1 aliphatic carbocycles. The van der Waals surface area contributed by atoms with E-state index in [0.717, 1.165) is 37.3 Å². The lowest BCUT2D eigenvalue weighted by molar-refractivity contribution is -0.132. The number of carbonyl (C=O) groups excluding carboxylic acids is 1. The van der Waals surface area contributed by atoms with Gasteiger partial charge in [0.25, 0.3) is 0 Å². The summed E-state index contributed by atoms with van der Waals surface area (Å²) in [5, 5.41) is 0. The summed E-state index contributed by atoms with van der Waals surface area (Å²) in [5.74, 6) is 3.01. The van der Waals surface area contributed by atoms with Crippen molar-refractivity contribution in [1.82, 2.24) is 4.90 Å². The smallest absolute Gasteiger partial charge is 0.223 e. The van der Waals surface area contributed by atoms with Crippen LogP contribution in [0.4, 0.5) is 0 Å². The van der Waals surface area contributed by atoms with Crippen molar-refractivity contribution in [2.45, 2.75) is 38.1 Å². The highest BCUT2D eigenvalue weighted by Crippen LogP contribution is 2.59. The fourth-order valence-electron chi connectivity index (χ4n) is 5.15. The molecule has 1 amide bonds. The molecule has 118 valence electrons. The fraction of sp³-hybridized carbons (Fsp3) is 0.611. The molecular weight excluding hydrogens is 278 g/mol. The molecule has 3 atom stereocenters. The van der Waals surface area contributed by atoms with Gasteiger partial charge in [-0.05, 0) is 54.4 Å². The van der Waals surface area contributed by atoms with E-state index in [2.05, 4.69) is 24.0 Å². The first kappa shape index (κ1) is 13.9. The Morgan fingerprint density at radius 1 is 1.23 bits per heavy atom. The predicted molar refractivity (Wildman–Crippen MR) is 83.1 cm³/mol. The van der Waals surface area contributed by atoms with Crippen LogP contribution in [0.15, 0.2) is 12.1 Å². The van der Waals surface area contributed by atoms with E-state index in [9.17, 15) is 4.79 Å². The molecule has 4 rings (SSSR count). The lowest BCUT2D eigenvalue weighted by Crippen LogP contribution is -2.49. The summed E-state index contributed by atoms with van der Waals surface area (Å²) in [6, 6.07) is 4.24. The second kappa shape index (κ2) is 4.64. The second-order valence-corrected chi connectivity index (χ2v) is 7.03. The molecule has 2 fully saturated rings. The second-order valence-electron chi connectivity index (χ2n) is 7.03. The van der Waals surface area contributed by atoms with Gasteiger partial charge < -0.3 is 14.4 Å². The van der Waals surface area contributed by atoms with Crippen LogP contribution in [0, 0.1) is 11.8 Å². The molecule has 4 heteroatoms. The molecule has 0 aromatic heterocycles. The van der Waals surface area contributed by atoms with Crippen LogP contribution < -0.4 is 9.47 Å². The highest BCUT2D eigenvalue weighted by atomic mass is 16.5. The van der Waals surface area contributed by atoms with Gasteiger partial charge in [0.05, 0.1) is 19.8 Å². The maximum absolute atomic E-state index is 12.5. The highest BCUT2D eigenvalue weighted by Gasteiger charge is 2.59. The molecule has 0 bridgehead atoms. The van der Waals surface area contributed by atoms with Gasteiger partial charge in [0.1, 0.15) is 0 Å². The summed E-state index contributed by atoms with van der Waals surface area (Å²) in [6.45, 7) is 3.15. The number of benzene rings is 1. The Balaban J connectivity index is 1.92. The quantitative estimate of drug-likeness (QED) is 0.843. The van der Waals surface area contributed by atoms with Crippen LogP contribution in [0.25, 0.3) is 0 Å². The summed E-state index contributed by atoms with van der Waals surface area (Å²) in [7, 11) is 3.36. The minimum absolute atomic E-state index is 0.0936. The summed E-state index contributed by atoms with van der Waals surface area (Å²) < 4.78 is 11.0. The van der Waals surface area contributed by atoms with Crippen molar-refractivity contribution in [1.29, 1.82) is 0 Å². The van der Waals surface area contributed by atoms with Crippen LogP contribution in [0.2, 0.25) is 0 Å². The average molecular weight is 301 g/mol. The number of ether oxygens (including phenoxy) is 2. The lowest BCUT2D eigenvalue weighted by atomic mass is 9.75. The van der Waals surface area contributed by atoms with Crippen LogP contribution in [0.3, 0.4) is 0 Å². The lowest BCUT2D eigenvalue weighted by Gasteiger charge is -2.44. The molecule has 1 aromatic carbocycles. The first-order valence-electron chi connectivity index (χ1n) is 8.16. The van der Waals surface area contributed by atoms with E-state index in [1.165, 1.54) is 11.1 Å². The van der Waals surface area contributed by atoms with Crippen LogP contribution in [0.5, 0.6) is 11.5 Å². The fourth-order valence-corrected chi connectivity index (χ4v) is 5.15. The molecule has 4 nitrogen and oxygen atoms in total. The summed E-state index contributed by atoms with van der Waals surface area (Å²) in [6.07, 6.45) is 3.84. The number of hydrogen-bond donors (Lipinski definition) is 0. The molecule has 3 aliphatic rings. The Labute approximate surface area is 131 Å². The zero-order chi connectivity index (χ0) is 15.5. The van der Waals surface area contributed by atoms with E-state index in [1.807, 2.05) is 0 Å². The van der Waals surface area contributed by atoms with Gasteiger partial charge in [-0.1, -0.05) is 6.92 Å². The predicted octanol–water partition coefficient (Wildman–Crippen LogP) is 2.73. The number of nitrogens with zero attached hydrogens (tertiary/aromatic N) is 1. The number of carbonyl (C=O) groups is 1. The zero-order valence-corrected chi connectivity index (χ0v) is 13.5. The van der Waals surface area contributed by atoms with Crippen LogP contribution >= 0.6 is 0 Å². The van der Waals surface area contributed by atoms with Gasteiger partial charge in [-0.2, -0.15) is 0 Å². The minimum Gasteiger partial charge on any atom is -0.493 e. The van der Waals surface area contributed by atoms with Crippen molar-refractivity contribution in [2.24, 2.45) is 11.8 Å². The average Bonchev–Trinajstić information content (AvgIpc) is 2.95. The SMILES string of the molecule is COc1cc2c(cc1OC)[C@@]13C[C@H](C)CC1CC(=O)N3CC2. The van der Waals surface area contributed by atoms with Gasteiger partial charge >= 0.3 is 0 Å². The monoisotopic (exact) mass is 301 g/mol. The van der Waals surface area contributed by atoms with Gasteiger partial charge in [-0.15, -0.1) is 0 Å². The Kier molecular flexibility index (Phi) is 2.94. The van der Waals surface area contributed by atoms with Crippen molar-refractivity contribution in [3.63, 3.8) is 0 Å². The maximum atomic E-state index is 12.5. The highest BCUT2D eigenvalue weighted by molar-refractivity contribution is 5.82. The van der Waals surface area contributed by atoms with E-state index in [0.29, 0.717) is 24.2 Å². The molecular formula is C18H23NO3. The summed E-state index contributed by atoms with van der Waals surface area (Å²) in [5.41, 5.74) is 2.53. The van der Waals surface area contributed by atoms with Gasteiger partial charge in [0.2, 0.25) is 5.91 Å². The van der Waals surface area contributed by atoms with Crippen LogP contribution in [0.1, 0.15) is 37.3 Å². The normalized spacial score (nSPS) is 32.5. The minimum atomic E-state index is -0.0936. The third kappa shape index (κ3) is 1.61. The number of fused-ring (bicyclic) bond motifs is 1. The number of methoxy groups -OCH3 is 2. The van der Waals surface area contributed by atoms with Gasteiger partial charge in [-0.25, -0.2) is 0 Å². The summed E-state index contributed by atoms with van der Waals surface area (Å²) >= 11 is 0. The van der Waals surface area contributed by atoms with Crippen molar-refractivity contribution in [2.75, 3.05) is 20.8 Å². The zero-order valence-electron chi connectivity index (χ0n) is 13.5. The third-order valence-electron chi connectivity index (χ3n) is 5.91. The van der Waals surface area contributed by atoms with Crippen molar-refractivity contribution >= 4 is 5.91 Å². The van der Waals surface area contributed by atoms with E-state index in [4.69, 9.17) is 9.47 Å². The number of amides is 1. The molecule has 2 aliphatic heterocycles. The van der Waals surface area contributed by atoms with Crippen LogP contribution in [-0.2, 0) is 16.8 Å². The molecule has 1 unspecified atom stereocenters. The Morgan fingerprint density at radius 3 is 2.68 bits per heavy atom. The molecule has 0 radical (unpaired) electrons. The Bertz CT molecular complexity index is 641. The first-order valence-corrected chi connectivity index (χ1v) is 8.16. The van der Waals surface area contributed by atoms with Crippen molar-refractivity contribution in [3.8, 4) is 11.5 Å². The Hall–Kier alpha value is -1.71. The molecule has 0 N–H and O–H groups in total. The van der Waals surface area contributed by atoms with E-state index in [-0.39, 0.29) is 5.54 Å². The largest absolute Gasteiger partial charge is 0.493 e. The van der Waals surface area contributed by atoms with Gasteiger partial charge in [0, 0.05) is 13.0 Å². The third-order valence-corrected chi connectivity index (χ3v) is 5.91. The molecule has 22 heavy (non-hydrogen) atoms. The standard InChI is InChI=1S/C18H23NO3/c1-11-6-13-8-17(20)19-5-4-12-7-15(21-2)16(22-3)9-14(12)18(13,19)10-11/h7,9,11,13H,4-6,8,10H2,1-3H3/t11-,13?,18-/m1/s1. The van der Waals surface area contributed by atoms with E-state index in [1.54, 1.807) is 14.2 Å². The number of hydrogen-bond acceptors (Lipinski definition) is 3. The topological polar surface area (TPSA) is 38.8 Å². The summed E-state index contributed by atoms with van der Waals surface area (Å²) in [4.78, 5) is 14.6. The van der Waals surface area contributed by atoms with Crippen molar-refractivity contribution in [3.05, 3.63) is 23.3 Å². The molecule has 1 saturated heterocycles. The van der Waals surface area contributed by atoms with E-state index < -0.39 is 0 Å². The van der Waals surface area contributed by atoms with Gasteiger partial charge in [-0.3, -0.25) is 4.79 Å². The van der Waals surface area contributed by atoms with Crippen LogP contribution in [-0.4, -0.2) is 31.6 Å². The first-order chi connectivity index (χ1) is 10.6. The molecule has 2 heterocycles. The maximum Gasteiger partial charge on any atom is 0.223 e. The van der Waals surface area contributed by atoms with Crippen molar-refractivity contribution < 1.29 is 14.3 Å².